The summed E-state index contributed by atoms with van der Waals surface area (Å²) in [5, 5.41) is 11.6. The zero-order chi connectivity index (χ0) is 15.7. The zero-order valence-electron chi connectivity index (χ0n) is 11.5. The molecule has 0 unspecified atom stereocenters. The van der Waals surface area contributed by atoms with Gasteiger partial charge in [-0.15, -0.1) is 0 Å². The summed E-state index contributed by atoms with van der Waals surface area (Å²) in [7, 11) is 0. The van der Waals surface area contributed by atoms with Crippen molar-refractivity contribution in [1.29, 1.82) is 0 Å². The maximum Gasteiger partial charge on any atom is 0.256 e. The first kappa shape index (κ1) is 14.0. The SMILES string of the molecule is NC(=NO)c1cnc2c(c1)C(=O)N(Cc1ccccc1F)C2. The molecule has 2 heterocycles. The molecule has 22 heavy (non-hydrogen) atoms. The number of pyridine rings is 1. The largest absolute Gasteiger partial charge is 0.409 e. The topological polar surface area (TPSA) is 91.8 Å². The summed E-state index contributed by atoms with van der Waals surface area (Å²) in [6.07, 6.45) is 1.44. The number of hydrogen-bond acceptors (Lipinski definition) is 4. The Balaban J connectivity index is 1.87. The number of halogens is 1. The first-order chi connectivity index (χ1) is 10.6. The van der Waals surface area contributed by atoms with Gasteiger partial charge in [0.2, 0.25) is 0 Å². The van der Waals surface area contributed by atoms with E-state index < -0.39 is 0 Å². The van der Waals surface area contributed by atoms with Gasteiger partial charge < -0.3 is 15.8 Å². The lowest BCUT2D eigenvalue weighted by Crippen LogP contribution is -2.24. The molecule has 0 spiro atoms. The standard InChI is InChI=1S/C15H13FN4O2/c16-12-4-2-1-3-9(12)7-20-8-13-11(15(20)21)5-10(6-18-13)14(17)19-22/h1-6,22H,7-8H2,(H2,17,19). The first-order valence-corrected chi connectivity index (χ1v) is 6.59. The summed E-state index contributed by atoms with van der Waals surface area (Å²) in [4.78, 5) is 18.1. The van der Waals surface area contributed by atoms with Gasteiger partial charge in [0, 0.05) is 23.9 Å². The molecule has 3 N–H and O–H groups in total. The van der Waals surface area contributed by atoms with Crippen LogP contribution in [0.25, 0.3) is 0 Å². The van der Waals surface area contributed by atoms with Crippen molar-refractivity contribution in [3.05, 3.63) is 64.7 Å². The third-order valence-electron chi connectivity index (χ3n) is 3.55. The molecule has 6 nitrogen and oxygen atoms in total. The minimum Gasteiger partial charge on any atom is -0.409 e. The van der Waals surface area contributed by atoms with Crippen LogP contribution in [-0.2, 0) is 13.1 Å². The molecule has 0 atom stereocenters. The van der Waals surface area contributed by atoms with E-state index >= 15 is 0 Å². The minimum absolute atomic E-state index is 0.115. The van der Waals surface area contributed by atoms with E-state index in [2.05, 4.69) is 10.1 Å². The van der Waals surface area contributed by atoms with E-state index in [1.807, 2.05) is 0 Å². The second-order valence-corrected chi connectivity index (χ2v) is 4.96. The highest BCUT2D eigenvalue weighted by molar-refractivity contribution is 6.02. The summed E-state index contributed by atoms with van der Waals surface area (Å²) in [5.41, 5.74) is 7.29. The van der Waals surface area contributed by atoms with Crippen LogP contribution in [0.3, 0.4) is 0 Å². The number of nitrogens with zero attached hydrogens (tertiary/aromatic N) is 3. The summed E-state index contributed by atoms with van der Waals surface area (Å²) in [6, 6.07) is 7.85. The average Bonchev–Trinajstić information content (AvgIpc) is 2.84. The van der Waals surface area contributed by atoms with Crippen LogP contribution in [-0.4, -0.2) is 26.8 Å². The van der Waals surface area contributed by atoms with Crippen molar-refractivity contribution in [2.75, 3.05) is 0 Å². The molecular formula is C15H13FN4O2. The van der Waals surface area contributed by atoms with Gasteiger partial charge in [-0.3, -0.25) is 9.78 Å². The fraction of sp³-hybridized carbons (Fsp3) is 0.133. The summed E-state index contributed by atoms with van der Waals surface area (Å²) in [6.45, 7) is 0.472. The number of oxime groups is 1. The predicted molar refractivity (Wildman–Crippen MR) is 76.7 cm³/mol. The van der Waals surface area contributed by atoms with Crippen LogP contribution < -0.4 is 5.73 Å². The molecule has 0 saturated carbocycles. The molecule has 0 bridgehead atoms. The molecule has 1 aromatic heterocycles. The fourth-order valence-electron chi connectivity index (χ4n) is 2.38. The molecule has 1 amide bonds. The van der Waals surface area contributed by atoms with E-state index in [0.717, 1.165) is 0 Å². The number of amidine groups is 1. The van der Waals surface area contributed by atoms with E-state index in [4.69, 9.17) is 10.9 Å². The highest BCUT2D eigenvalue weighted by atomic mass is 19.1. The number of carbonyl (C=O) groups excluding carboxylic acids is 1. The molecule has 1 aliphatic heterocycles. The third-order valence-corrected chi connectivity index (χ3v) is 3.55. The van der Waals surface area contributed by atoms with Crippen LogP contribution in [0.15, 0.2) is 41.7 Å². The van der Waals surface area contributed by atoms with E-state index in [0.29, 0.717) is 28.9 Å². The lowest BCUT2D eigenvalue weighted by atomic mass is 10.1. The van der Waals surface area contributed by atoms with Crippen molar-refractivity contribution in [3.63, 3.8) is 0 Å². The summed E-state index contributed by atoms with van der Waals surface area (Å²) < 4.78 is 13.7. The number of fused-ring (bicyclic) bond motifs is 1. The lowest BCUT2D eigenvalue weighted by molar-refractivity contribution is 0.0765. The van der Waals surface area contributed by atoms with E-state index in [1.54, 1.807) is 18.2 Å². The second-order valence-electron chi connectivity index (χ2n) is 4.96. The number of rotatable bonds is 3. The van der Waals surface area contributed by atoms with Crippen LogP contribution in [0, 0.1) is 5.82 Å². The highest BCUT2D eigenvalue weighted by Gasteiger charge is 2.29. The lowest BCUT2D eigenvalue weighted by Gasteiger charge is -2.15. The number of carbonyl (C=O) groups is 1. The molecule has 0 saturated heterocycles. The van der Waals surface area contributed by atoms with Crippen molar-refractivity contribution in [2.45, 2.75) is 13.1 Å². The van der Waals surface area contributed by atoms with E-state index in [1.165, 1.54) is 23.2 Å². The van der Waals surface area contributed by atoms with Gasteiger partial charge in [-0.05, 0) is 12.1 Å². The smallest absolute Gasteiger partial charge is 0.256 e. The fourth-order valence-corrected chi connectivity index (χ4v) is 2.38. The quantitative estimate of drug-likeness (QED) is 0.388. The summed E-state index contributed by atoms with van der Waals surface area (Å²) >= 11 is 0. The van der Waals surface area contributed by atoms with Gasteiger partial charge in [0.25, 0.3) is 5.91 Å². The summed E-state index contributed by atoms with van der Waals surface area (Å²) in [5.74, 6) is -0.717. The Morgan fingerprint density at radius 1 is 1.45 bits per heavy atom. The van der Waals surface area contributed by atoms with Gasteiger partial charge in [-0.2, -0.15) is 0 Å². The maximum absolute atomic E-state index is 13.7. The van der Waals surface area contributed by atoms with Crippen LogP contribution in [0.5, 0.6) is 0 Å². The van der Waals surface area contributed by atoms with Crippen molar-refractivity contribution in [3.8, 4) is 0 Å². The predicted octanol–water partition coefficient (Wildman–Crippen LogP) is 1.47. The molecule has 2 aromatic rings. The number of hydrogen-bond donors (Lipinski definition) is 2. The monoisotopic (exact) mass is 300 g/mol. The molecule has 0 fully saturated rings. The third kappa shape index (κ3) is 2.37. The van der Waals surface area contributed by atoms with Crippen LogP contribution in [0.1, 0.15) is 27.2 Å². The van der Waals surface area contributed by atoms with Crippen molar-refractivity contribution in [2.24, 2.45) is 10.9 Å². The Bertz CT molecular complexity index is 776. The Morgan fingerprint density at radius 3 is 2.95 bits per heavy atom. The van der Waals surface area contributed by atoms with Crippen LogP contribution in [0.2, 0.25) is 0 Å². The second kappa shape index (κ2) is 5.44. The normalized spacial score (nSPS) is 14.3. The van der Waals surface area contributed by atoms with Crippen molar-refractivity contribution < 1.29 is 14.4 Å². The minimum atomic E-state index is -0.350. The van der Waals surface area contributed by atoms with Gasteiger partial charge in [0.15, 0.2) is 5.84 Å². The van der Waals surface area contributed by atoms with E-state index in [-0.39, 0.29) is 24.1 Å². The molecule has 7 heteroatoms. The van der Waals surface area contributed by atoms with Crippen LogP contribution in [0.4, 0.5) is 4.39 Å². The number of amides is 1. The van der Waals surface area contributed by atoms with Crippen molar-refractivity contribution in [1.82, 2.24) is 9.88 Å². The Morgan fingerprint density at radius 2 is 2.23 bits per heavy atom. The molecule has 112 valence electrons. The van der Waals surface area contributed by atoms with Gasteiger partial charge in [-0.25, -0.2) is 4.39 Å². The van der Waals surface area contributed by atoms with Gasteiger partial charge in [-0.1, -0.05) is 23.4 Å². The molecule has 1 aromatic carbocycles. The van der Waals surface area contributed by atoms with Gasteiger partial charge >= 0.3 is 0 Å². The maximum atomic E-state index is 13.7. The molecule has 0 radical (unpaired) electrons. The zero-order valence-corrected chi connectivity index (χ0v) is 11.5. The van der Waals surface area contributed by atoms with Gasteiger partial charge in [0.05, 0.1) is 17.8 Å². The molecule has 0 aliphatic carbocycles. The number of nitrogens with two attached hydrogens (primary N) is 1. The molecular weight excluding hydrogens is 287 g/mol. The Hall–Kier alpha value is -2.96. The van der Waals surface area contributed by atoms with Gasteiger partial charge in [0.1, 0.15) is 5.82 Å². The van der Waals surface area contributed by atoms with Crippen molar-refractivity contribution >= 4 is 11.7 Å². The molecule has 3 rings (SSSR count). The molecule has 1 aliphatic rings. The van der Waals surface area contributed by atoms with E-state index in [9.17, 15) is 9.18 Å². The average molecular weight is 300 g/mol. The van der Waals surface area contributed by atoms with Crippen LogP contribution >= 0.6 is 0 Å². The number of benzene rings is 1. The Kier molecular flexibility index (Phi) is 3.46. The number of aromatic nitrogens is 1. The highest BCUT2D eigenvalue weighted by Crippen LogP contribution is 2.24. The Labute approximate surface area is 125 Å². The first-order valence-electron chi connectivity index (χ1n) is 6.59.